The van der Waals surface area contributed by atoms with Gasteiger partial charge < -0.3 is 15.4 Å². The van der Waals surface area contributed by atoms with Crippen molar-refractivity contribution in [3.63, 3.8) is 0 Å². The number of ether oxygens (including phenoxy) is 1. The number of nitrogens with two attached hydrogens (primary N) is 1. The van der Waals surface area contributed by atoms with Crippen LogP contribution in [-0.2, 0) is 0 Å². The van der Waals surface area contributed by atoms with Crippen LogP contribution in [0.2, 0.25) is 0 Å². The molecule has 1 aliphatic rings. The lowest BCUT2D eigenvalue weighted by atomic mass is 10.1. The molecule has 1 aliphatic heterocycles. The number of para-hydroxylation sites is 2. The molecule has 20 heavy (non-hydrogen) atoms. The quantitative estimate of drug-likeness (QED) is 0.893. The Labute approximate surface area is 122 Å². The lowest BCUT2D eigenvalue weighted by Gasteiger charge is -2.41. The number of nitrogens with zero attached hydrogens (tertiary/aromatic N) is 2. The summed E-state index contributed by atoms with van der Waals surface area (Å²) in [6.45, 7) is 8.58. The minimum atomic E-state index is 0.271. The van der Waals surface area contributed by atoms with Crippen molar-refractivity contribution in [2.75, 3.05) is 38.2 Å². The van der Waals surface area contributed by atoms with E-state index in [0.29, 0.717) is 6.04 Å². The Morgan fingerprint density at radius 3 is 2.45 bits per heavy atom. The SMILES string of the molecule is CCC(N)C(C)N1CCN(c2ccccc2OC)CC1. The first kappa shape index (κ1) is 15.1. The third-order valence-corrected chi connectivity index (χ3v) is 4.41. The number of benzene rings is 1. The van der Waals surface area contributed by atoms with Crippen molar-refractivity contribution in [1.82, 2.24) is 4.90 Å². The number of methoxy groups -OCH3 is 1. The van der Waals surface area contributed by atoms with Gasteiger partial charge in [0.2, 0.25) is 0 Å². The second kappa shape index (κ2) is 6.95. The molecule has 0 bridgehead atoms. The highest BCUT2D eigenvalue weighted by Gasteiger charge is 2.25. The summed E-state index contributed by atoms with van der Waals surface area (Å²) in [6.07, 6.45) is 1.04. The van der Waals surface area contributed by atoms with Gasteiger partial charge in [-0.2, -0.15) is 0 Å². The summed E-state index contributed by atoms with van der Waals surface area (Å²) < 4.78 is 5.45. The lowest BCUT2D eigenvalue weighted by Crippen LogP contribution is -2.54. The van der Waals surface area contributed by atoms with E-state index in [1.54, 1.807) is 7.11 Å². The predicted molar refractivity (Wildman–Crippen MR) is 84.5 cm³/mol. The molecule has 2 N–H and O–H groups in total. The molecule has 2 atom stereocenters. The first-order valence-corrected chi connectivity index (χ1v) is 7.55. The molecule has 0 radical (unpaired) electrons. The van der Waals surface area contributed by atoms with Crippen molar-refractivity contribution in [3.05, 3.63) is 24.3 Å². The van der Waals surface area contributed by atoms with Crippen molar-refractivity contribution in [3.8, 4) is 5.75 Å². The molecule has 1 fully saturated rings. The van der Waals surface area contributed by atoms with Gasteiger partial charge in [-0.3, -0.25) is 4.90 Å². The van der Waals surface area contributed by atoms with Gasteiger partial charge in [-0.05, 0) is 25.5 Å². The van der Waals surface area contributed by atoms with Crippen LogP contribution in [0.5, 0.6) is 5.75 Å². The Morgan fingerprint density at radius 1 is 1.20 bits per heavy atom. The fourth-order valence-electron chi connectivity index (χ4n) is 2.87. The van der Waals surface area contributed by atoms with Gasteiger partial charge in [-0.1, -0.05) is 19.1 Å². The topological polar surface area (TPSA) is 41.7 Å². The highest BCUT2D eigenvalue weighted by atomic mass is 16.5. The fraction of sp³-hybridized carbons (Fsp3) is 0.625. The van der Waals surface area contributed by atoms with Crippen LogP contribution in [0.3, 0.4) is 0 Å². The number of hydrogen-bond donors (Lipinski definition) is 1. The van der Waals surface area contributed by atoms with Crippen LogP contribution in [-0.4, -0.2) is 50.3 Å². The van der Waals surface area contributed by atoms with Crippen LogP contribution in [0.4, 0.5) is 5.69 Å². The zero-order chi connectivity index (χ0) is 14.5. The smallest absolute Gasteiger partial charge is 0.142 e. The first-order chi connectivity index (χ1) is 9.67. The molecular weight excluding hydrogens is 250 g/mol. The van der Waals surface area contributed by atoms with Gasteiger partial charge >= 0.3 is 0 Å². The van der Waals surface area contributed by atoms with Gasteiger partial charge in [-0.15, -0.1) is 0 Å². The molecule has 4 nitrogen and oxygen atoms in total. The van der Waals surface area contributed by atoms with E-state index in [-0.39, 0.29) is 6.04 Å². The molecular formula is C16H27N3O. The number of hydrogen-bond acceptors (Lipinski definition) is 4. The predicted octanol–water partition coefficient (Wildman–Crippen LogP) is 1.94. The Bertz CT molecular complexity index is 416. The van der Waals surface area contributed by atoms with Gasteiger partial charge in [0.1, 0.15) is 5.75 Å². The minimum Gasteiger partial charge on any atom is -0.495 e. The summed E-state index contributed by atoms with van der Waals surface area (Å²) in [6, 6.07) is 8.97. The molecule has 4 heteroatoms. The summed E-state index contributed by atoms with van der Waals surface area (Å²) in [4.78, 5) is 4.90. The maximum atomic E-state index is 6.16. The van der Waals surface area contributed by atoms with Crippen LogP contribution in [0.15, 0.2) is 24.3 Å². The number of piperazine rings is 1. The monoisotopic (exact) mass is 277 g/mol. The van der Waals surface area contributed by atoms with E-state index in [4.69, 9.17) is 10.5 Å². The van der Waals surface area contributed by atoms with Crippen molar-refractivity contribution in [1.29, 1.82) is 0 Å². The third-order valence-electron chi connectivity index (χ3n) is 4.41. The zero-order valence-electron chi connectivity index (χ0n) is 12.9. The highest BCUT2D eigenvalue weighted by molar-refractivity contribution is 5.58. The molecule has 1 aromatic carbocycles. The Balaban J connectivity index is 1.97. The molecule has 0 saturated carbocycles. The highest BCUT2D eigenvalue weighted by Crippen LogP contribution is 2.28. The molecule has 0 amide bonds. The van der Waals surface area contributed by atoms with E-state index in [2.05, 4.69) is 35.8 Å². The molecule has 0 aliphatic carbocycles. The van der Waals surface area contributed by atoms with Crippen LogP contribution >= 0.6 is 0 Å². The van der Waals surface area contributed by atoms with E-state index in [0.717, 1.165) is 38.3 Å². The second-order valence-electron chi connectivity index (χ2n) is 5.51. The number of rotatable bonds is 5. The van der Waals surface area contributed by atoms with Gasteiger partial charge in [-0.25, -0.2) is 0 Å². The summed E-state index contributed by atoms with van der Waals surface area (Å²) in [5.74, 6) is 0.958. The second-order valence-corrected chi connectivity index (χ2v) is 5.51. The Morgan fingerprint density at radius 2 is 1.85 bits per heavy atom. The summed E-state index contributed by atoms with van der Waals surface area (Å²) in [5, 5.41) is 0. The average molecular weight is 277 g/mol. The van der Waals surface area contributed by atoms with Crippen LogP contribution < -0.4 is 15.4 Å². The molecule has 2 rings (SSSR count). The normalized spacial score (nSPS) is 19.7. The maximum Gasteiger partial charge on any atom is 0.142 e. The first-order valence-electron chi connectivity index (χ1n) is 7.55. The van der Waals surface area contributed by atoms with E-state index in [1.165, 1.54) is 5.69 Å². The van der Waals surface area contributed by atoms with Crippen molar-refractivity contribution in [2.45, 2.75) is 32.4 Å². The van der Waals surface area contributed by atoms with Crippen LogP contribution in [0, 0.1) is 0 Å². The summed E-state index contributed by atoms with van der Waals surface area (Å²) in [5.41, 5.74) is 7.36. The van der Waals surface area contributed by atoms with E-state index < -0.39 is 0 Å². The fourth-order valence-corrected chi connectivity index (χ4v) is 2.87. The Hall–Kier alpha value is -1.26. The molecule has 112 valence electrons. The molecule has 1 saturated heterocycles. The van der Waals surface area contributed by atoms with Gasteiger partial charge in [0.15, 0.2) is 0 Å². The van der Waals surface area contributed by atoms with Gasteiger partial charge in [0.05, 0.1) is 12.8 Å². The van der Waals surface area contributed by atoms with Crippen LogP contribution in [0.25, 0.3) is 0 Å². The van der Waals surface area contributed by atoms with E-state index in [1.807, 2.05) is 12.1 Å². The van der Waals surface area contributed by atoms with E-state index >= 15 is 0 Å². The molecule has 1 aromatic rings. The van der Waals surface area contributed by atoms with Gasteiger partial charge in [0.25, 0.3) is 0 Å². The zero-order valence-corrected chi connectivity index (χ0v) is 12.9. The van der Waals surface area contributed by atoms with Gasteiger partial charge in [0, 0.05) is 38.3 Å². The average Bonchev–Trinajstić information content (AvgIpc) is 2.53. The standard InChI is InChI=1S/C16H27N3O/c1-4-14(17)13(2)18-9-11-19(12-10-18)15-7-5-6-8-16(15)20-3/h5-8,13-14H,4,9-12,17H2,1-3H3. The van der Waals surface area contributed by atoms with Crippen molar-refractivity contribution >= 4 is 5.69 Å². The third kappa shape index (κ3) is 3.25. The molecule has 1 heterocycles. The molecule has 0 aromatic heterocycles. The Kier molecular flexibility index (Phi) is 5.26. The summed E-state index contributed by atoms with van der Waals surface area (Å²) in [7, 11) is 1.73. The van der Waals surface area contributed by atoms with E-state index in [9.17, 15) is 0 Å². The van der Waals surface area contributed by atoms with Crippen LogP contribution in [0.1, 0.15) is 20.3 Å². The van der Waals surface area contributed by atoms with Crippen molar-refractivity contribution < 1.29 is 4.74 Å². The largest absolute Gasteiger partial charge is 0.495 e. The maximum absolute atomic E-state index is 6.16. The minimum absolute atomic E-state index is 0.271. The van der Waals surface area contributed by atoms with Crippen molar-refractivity contribution in [2.24, 2.45) is 5.73 Å². The summed E-state index contributed by atoms with van der Waals surface area (Å²) >= 11 is 0. The molecule has 2 unspecified atom stereocenters. The molecule has 0 spiro atoms. The lowest BCUT2D eigenvalue weighted by molar-refractivity contribution is 0.171. The number of anilines is 1.